The fourth-order valence-corrected chi connectivity index (χ4v) is 1.11. The molecule has 0 aromatic rings. The molecular formula is C10H21NO3. The van der Waals surface area contributed by atoms with Crippen LogP contribution in [0.4, 0.5) is 0 Å². The molecule has 0 aromatic heterocycles. The number of ether oxygens (including phenoxy) is 1. The molecule has 0 bridgehead atoms. The van der Waals surface area contributed by atoms with Gasteiger partial charge in [0, 0.05) is 6.54 Å². The zero-order valence-electron chi connectivity index (χ0n) is 9.32. The van der Waals surface area contributed by atoms with Crippen molar-refractivity contribution in [1.29, 1.82) is 0 Å². The maximum Gasteiger partial charge on any atom is 0.320 e. The Kier molecular flexibility index (Phi) is 7.42. The predicted molar refractivity (Wildman–Crippen MR) is 55.0 cm³/mol. The number of nitrogens with zero attached hydrogens (tertiary/aromatic N) is 1. The minimum absolute atomic E-state index is 0.194. The van der Waals surface area contributed by atoms with E-state index in [9.17, 15) is 4.79 Å². The van der Waals surface area contributed by atoms with Crippen LogP contribution in [0.1, 0.15) is 27.2 Å². The van der Waals surface area contributed by atoms with Crippen LogP contribution in [0.15, 0.2) is 0 Å². The average molecular weight is 203 g/mol. The maximum atomic E-state index is 11.1. The van der Waals surface area contributed by atoms with E-state index in [1.807, 2.05) is 11.8 Å². The number of aliphatic hydroxyl groups is 1. The first-order valence-electron chi connectivity index (χ1n) is 5.16. The van der Waals surface area contributed by atoms with Gasteiger partial charge in [0.05, 0.1) is 19.3 Å². The Hall–Kier alpha value is -0.610. The Balaban J connectivity index is 3.72. The van der Waals surface area contributed by atoms with Crippen LogP contribution in [-0.2, 0) is 9.53 Å². The van der Waals surface area contributed by atoms with Crippen LogP contribution in [0, 0.1) is 0 Å². The van der Waals surface area contributed by atoms with Gasteiger partial charge in [0.15, 0.2) is 0 Å². The van der Waals surface area contributed by atoms with Gasteiger partial charge in [0.25, 0.3) is 0 Å². The van der Waals surface area contributed by atoms with Crippen molar-refractivity contribution in [3.8, 4) is 0 Å². The smallest absolute Gasteiger partial charge is 0.320 e. The van der Waals surface area contributed by atoms with Gasteiger partial charge in [-0.3, -0.25) is 9.69 Å². The Labute approximate surface area is 85.9 Å². The summed E-state index contributed by atoms with van der Waals surface area (Å²) in [6.45, 7) is 7.80. The number of esters is 1. The van der Waals surface area contributed by atoms with Gasteiger partial charge in [0.1, 0.15) is 0 Å². The maximum absolute atomic E-state index is 11.1. The van der Waals surface area contributed by atoms with Crippen LogP contribution in [0.3, 0.4) is 0 Å². The van der Waals surface area contributed by atoms with E-state index in [1.165, 1.54) is 0 Å². The van der Waals surface area contributed by atoms with E-state index >= 15 is 0 Å². The second-order valence-corrected chi connectivity index (χ2v) is 3.31. The van der Waals surface area contributed by atoms with Gasteiger partial charge in [-0.15, -0.1) is 0 Å². The molecule has 14 heavy (non-hydrogen) atoms. The molecule has 1 unspecified atom stereocenters. The van der Waals surface area contributed by atoms with E-state index < -0.39 is 0 Å². The topological polar surface area (TPSA) is 49.8 Å². The van der Waals surface area contributed by atoms with Crippen LogP contribution >= 0.6 is 0 Å². The molecule has 0 heterocycles. The zero-order valence-corrected chi connectivity index (χ0v) is 9.32. The molecule has 0 fully saturated rings. The van der Waals surface area contributed by atoms with Crippen LogP contribution in [0.5, 0.6) is 0 Å². The summed E-state index contributed by atoms with van der Waals surface area (Å²) in [5.41, 5.74) is 0. The van der Waals surface area contributed by atoms with Crippen molar-refractivity contribution in [2.75, 3.05) is 26.2 Å². The molecule has 0 saturated carbocycles. The molecule has 84 valence electrons. The molecule has 0 saturated heterocycles. The third-order valence-electron chi connectivity index (χ3n) is 1.97. The van der Waals surface area contributed by atoms with Crippen LogP contribution in [0.2, 0.25) is 0 Å². The van der Waals surface area contributed by atoms with Crippen molar-refractivity contribution in [3.05, 3.63) is 0 Å². The zero-order chi connectivity index (χ0) is 11.0. The van der Waals surface area contributed by atoms with E-state index in [0.717, 1.165) is 13.1 Å². The monoisotopic (exact) mass is 203 g/mol. The van der Waals surface area contributed by atoms with E-state index in [1.54, 1.807) is 13.8 Å². The SMILES string of the molecule is CCOC(=O)CN(CC)CCC(C)O. The lowest BCUT2D eigenvalue weighted by Gasteiger charge is -2.19. The average Bonchev–Trinajstić information content (AvgIpc) is 2.12. The number of aliphatic hydroxyl groups excluding tert-OH is 1. The number of hydrogen-bond donors (Lipinski definition) is 1. The third kappa shape index (κ3) is 6.86. The van der Waals surface area contributed by atoms with Crippen molar-refractivity contribution in [3.63, 3.8) is 0 Å². The summed E-state index contributed by atoms with van der Waals surface area (Å²) < 4.78 is 4.84. The molecule has 0 amide bonds. The molecule has 0 aliphatic carbocycles. The first-order chi connectivity index (χ1) is 6.60. The largest absolute Gasteiger partial charge is 0.465 e. The van der Waals surface area contributed by atoms with Gasteiger partial charge in [-0.05, 0) is 26.8 Å². The van der Waals surface area contributed by atoms with E-state index in [4.69, 9.17) is 9.84 Å². The molecule has 4 heteroatoms. The Morgan fingerprint density at radius 3 is 2.57 bits per heavy atom. The summed E-state index contributed by atoms with van der Waals surface area (Å²) in [7, 11) is 0. The van der Waals surface area contributed by atoms with E-state index in [-0.39, 0.29) is 12.1 Å². The number of carbonyl (C=O) groups is 1. The predicted octanol–water partition coefficient (Wildman–Crippen LogP) is 0.642. The summed E-state index contributed by atoms with van der Waals surface area (Å²) in [5, 5.41) is 9.09. The summed E-state index contributed by atoms with van der Waals surface area (Å²) in [5.74, 6) is -0.194. The minimum atomic E-state index is -0.314. The molecular weight excluding hydrogens is 182 g/mol. The number of likely N-dealkylation sites (N-methyl/N-ethyl adjacent to an activating group) is 1. The Morgan fingerprint density at radius 1 is 1.50 bits per heavy atom. The van der Waals surface area contributed by atoms with E-state index in [0.29, 0.717) is 19.6 Å². The Morgan fingerprint density at radius 2 is 2.14 bits per heavy atom. The van der Waals surface area contributed by atoms with Crippen molar-refractivity contribution in [2.45, 2.75) is 33.3 Å². The molecule has 0 spiro atoms. The van der Waals surface area contributed by atoms with Crippen molar-refractivity contribution >= 4 is 5.97 Å². The fourth-order valence-electron chi connectivity index (χ4n) is 1.11. The fraction of sp³-hybridized carbons (Fsp3) is 0.900. The molecule has 0 aromatic carbocycles. The van der Waals surface area contributed by atoms with Crippen LogP contribution in [0.25, 0.3) is 0 Å². The van der Waals surface area contributed by atoms with Gasteiger partial charge in [-0.25, -0.2) is 0 Å². The minimum Gasteiger partial charge on any atom is -0.465 e. The molecule has 1 N–H and O–H groups in total. The lowest BCUT2D eigenvalue weighted by Crippen LogP contribution is -2.33. The second kappa shape index (κ2) is 7.76. The highest BCUT2D eigenvalue weighted by atomic mass is 16.5. The highest BCUT2D eigenvalue weighted by Gasteiger charge is 2.10. The van der Waals surface area contributed by atoms with Gasteiger partial charge < -0.3 is 9.84 Å². The lowest BCUT2D eigenvalue weighted by atomic mass is 10.2. The van der Waals surface area contributed by atoms with Crippen molar-refractivity contribution in [1.82, 2.24) is 4.90 Å². The highest BCUT2D eigenvalue weighted by Crippen LogP contribution is 1.96. The van der Waals surface area contributed by atoms with Gasteiger partial charge in [-0.2, -0.15) is 0 Å². The number of rotatable bonds is 7. The van der Waals surface area contributed by atoms with E-state index in [2.05, 4.69) is 0 Å². The molecule has 0 aliphatic rings. The molecule has 0 aliphatic heterocycles. The third-order valence-corrected chi connectivity index (χ3v) is 1.97. The molecule has 1 atom stereocenters. The van der Waals surface area contributed by atoms with Crippen molar-refractivity contribution in [2.24, 2.45) is 0 Å². The molecule has 0 radical (unpaired) electrons. The quantitative estimate of drug-likeness (QED) is 0.617. The summed E-state index contributed by atoms with van der Waals surface area (Å²) in [6, 6.07) is 0. The lowest BCUT2D eigenvalue weighted by molar-refractivity contribution is -0.144. The summed E-state index contributed by atoms with van der Waals surface area (Å²) in [6.07, 6.45) is 0.374. The number of hydrogen-bond acceptors (Lipinski definition) is 4. The van der Waals surface area contributed by atoms with Gasteiger partial charge >= 0.3 is 5.97 Å². The van der Waals surface area contributed by atoms with Gasteiger partial charge in [0.2, 0.25) is 0 Å². The summed E-state index contributed by atoms with van der Waals surface area (Å²) >= 11 is 0. The first kappa shape index (κ1) is 13.4. The summed E-state index contributed by atoms with van der Waals surface area (Å²) in [4.78, 5) is 13.1. The van der Waals surface area contributed by atoms with Gasteiger partial charge in [-0.1, -0.05) is 6.92 Å². The standard InChI is InChI=1S/C10H21NO3/c1-4-11(7-6-9(3)12)8-10(13)14-5-2/h9,12H,4-8H2,1-3H3. The van der Waals surface area contributed by atoms with Crippen LogP contribution < -0.4 is 0 Å². The number of carbonyl (C=O) groups excluding carboxylic acids is 1. The normalized spacial score (nSPS) is 12.9. The molecule has 4 nitrogen and oxygen atoms in total. The highest BCUT2D eigenvalue weighted by molar-refractivity contribution is 5.71. The Bertz CT molecular complexity index is 159. The second-order valence-electron chi connectivity index (χ2n) is 3.31. The first-order valence-corrected chi connectivity index (χ1v) is 5.16. The molecule has 0 rings (SSSR count). The van der Waals surface area contributed by atoms with Crippen LogP contribution in [-0.4, -0.2) is 48.3 Å². The van der Waals surface area contributed by atoms with Crippen molar-refractivity contribution < 1.29 is 14.6 Å².